The van der Waals surface area contributed by atoms with Gasteiger partial charge in [0, 0.05) is 20.6 Å². The van der Waals surface area contributed by atoms with E-state index < -0.39 is 0 Å². The molecule has 1 heterocycles. The van der Waals surface area contributed by atoms with Gasteiger partial charge in [-0.15, -0.1) is 0 Å². The van der Waals surface area contributed by atoms with Gasteiger partial charge < -0.3 is 20.7 Å². The average Bonchev–Trinajstić information content (AvgIpc) is 2.81. The Bertz CT molecular complexity index is 366. The molecule has 0 bridgehead atoms. The molecule has 0 aliphatic carbocycles. The van der Waals surface area contributed by atoms with Crippen LogP contribution >= 0.6 is 0 Å². The van der Waals surface area contributed by atoms with Crippen LogP contribution in [-0.4, -0.2) is 56.2 Å². The Hall–Kier alpha value is -1.56. The monoisotopic (exact) mass is 268 g/mol. The predicted molar refractivity (Wildman–Crippen MR) is 75.9 cm³/mol. The van der Waals surface area contributed by atoms with Crippen molar-refractivity contribution < 1.29 is 9.53 Å². The van der Waals surface area contributed by atoms with E-state index in [9.17, 15) is 4.79 Å². The van der Waals surface area contributed by atoms with Crippen LogP contribution in [0, 0.1) is 0 Å². The van der Waals surface area contributed by atoms with Crippen LogP contribution in [0.4, 0.5) is 0 Å². The molecular weight excluding hydrogens is 244 g/mol. The summed E-state index contributed by atoms with van der Waals surface area (Å²) in [4.78, 5) is 17.4. The first-order valence-corrected chi connectivity index (χ1v) is 6.45. The van der Waals surface area contributed by atoms with Gasteiger partial charge in [-0.05, 0) is 19.8 Å². The molecule has 6 heteroatoms. The fraction of sp³-hybridized carbons (Fsp3) is 0.692. The quantitative estimate of drug-likeness (QED) is 0.421. The maximum Gasteiger partial charge on any atom is 0.251 e. The summed E-state index contributed by atoms with van der Waals surface area (Å²) in [6, 6.07) is 0. The molecule has 1 rings (SSSR count). The number of ether oxygens (including phenoxy) is 1. The Morgan fingerprint density at radius 1 is 1.53 bits per heavy atom. The van der Waals surface area contributed by atoms with Gasteiger partial charge in [-0.3, -0.25) is 4.79 Å². The molecule has 0 aromatic heterocycles. The number of rotatable bonds is 5. The third-order valence-electron chi connectivity index (χ3n) is 2.85. The van der Waals surface area contributed by atoms with Gasteiger partial charge in [0.1, 0.15) is 6.10 Å². The molecule has 1 amide bonds. The molecule has 1 aliphatic heterocycles. The van der Waals surface area contributed by atoms with Gasteiger partial charge in [0.05, 0.1) is 12.6 Å². The highest BCUT2D eigenvalue weighted by Gasteiger charge is 2.31. The molecule has 6 nitrogen and oxygen atoms in total. The lowest BCUT2D eigenvalue weighted by molar-refractivity contribution is -0.140. The zero-order chi connectivity index (χ0) is 14.4. The first-order valence-electron chi connectivity index (χ1n) is 6.45. The van der Waals surface area contributed by atoms with Crippen molar-refractivity contribution in [1.29, 1.82) is 0 Å². The van der Waals surface area contributed by atoms with E-state index in [0.717, 1.165) is 18.4 Å². The molecule has 2 atom stereocenters. The third kappa shape index (κ3) is 5.30. The van der Waals surface area contributed by atoms with E-state index in [0.29, 0.717) is 19.0 Å². The molecule has 1 aliphatic rings. The number of carbonyl (C=O) groups is 1. The number of nitrogens with two attached hydrogens (primary N) is 1. The SMILES string of the molecule is C=C(C)CN=C(N)NCC1CCC(C(=O)N(C)C)O1. The third-order valence-corrected chi connectivity index (χ3v) is 2.85. The van der Waals surface area contributed by atoms with E-state index in [2.05, 4.69) is 16.9 Å². The number of aliphatic imine (C=N–C) groups is 1. The molecular formula is C13H24N4O2. The van der Waals surface area contributed by atoms with Crippen LogP contribution in [0.3, 0.4) is 0 Å². The summed E-state index contributed by atoms with van der Waals surface area (Å²) in [6.07, 6.45) is 1.29. The van der Waals surface area contributed by atoms with Crippen molar-refractivity contribution in [2.75, 3.05) is 27.2 Å². The zero-order valence-corrected chi connectivity index (χ0v) is 12.0. The Morgan fingerprint density at radius 2 is 2.21 bits per heavy atom. The van der Waals surface area contributed by atoms with E-state index >= 15 is 0 Å². The van der Waals surface area contributed by atoms with Crippen molar-refractivity contribution in [2.24, 2.45) is 10.7 Å². The summed E-state index contributed by atoms with van der Waals surface area (Å²) >= 11 is 0. The molecule has 3 N–H and O–H groups in total. The van der Waals surface area contributed by atoms with Gasteiger partial charge in [-0.1, -0.05) is 12.2 Å². The van der Waals surface area contributed by atoms with Crippen LogP contribution < -0.4 is 11.1 Å². The highest BCUT2D eigenvalue weighted by molar-refractivity contribution is 5.80. The maximum absolute atomic E-state index is 11.7. The maximum atomic E-state index is 11.7. The second-order valence-corrected chi connectivity index (χ2v) is 5.10. The molecule has 108 valence electrons. The Labute approximate surface area is 114 Å². The van der Waals surface area contributed by atoms with Gasteiger partial charge in [-0.25, -0.2) is 4.99 Å². The van der Waals surface area contributed by atoms with Crippen LogP contribution in [0.1, 0.15) is 19.8 Å². The highest BCUT2D eigenvalue weighted by atomic mass is 16.5. The molecule has 1 saturated heterocycles. The lowest BCUT2D eigenvalue weighted by atomic mass is 10.2. The van der Waals surface area contributed by atoms with Crippen LogP contribution in [0.15, 0.2) is 17.1 Å². The number of hydrogen-bond donors (Lipinski definition) is 2. The second-order valence-electron chi connectivity index (χ2n) is 5.10. The van der Waals surface area contributed by atoms with Gasteiger partial charge >= 0.3 is 0 Å². The minimum absolute atomic E-state index is 0.00692. The van der Waals surface area contributed by atoms with Crippen LogP contribution in [-0.2, 0) is 9.53 Å². The summed E-state index contributed by atoms with van der Waals surface area (Å²) < 4.78 is 5.68. The summed E-state index contributed by atoms with van der Waals surface area (Å²) in [5.41, 5.74) is 6.67. The zero-order valence-electron chi connectivity index (χ0n) is 12.0. The van der Waals surface area contributed by atoms with Gasteiger partial charge in [0.2, 0.25) is 0 Å². The smallest absolute Gasteiger partial charge is 0.251 e. The molecule has 0 aromatic rings. The summed E-state index contributed by atoms with van der Waals surface area (Å²) in [5, 5.41) is 3.01. The predicted octanol–water partition coefficient (Wildman–Crippen LogP) is 0.103. The molecule has 0 spiro atoms. The topological polar surface area (TPSA) is 79.9 Å². The van der Waals surface area contributed by atoms with Crippen molar-refractivity contribution in [3.05, 3.63) is 12.2 Å². The fourth-order valence-electron chi connectivity index (χ4n) is 1.82. The number of likely N-dealkylation sites (N-methyl/N-ethyl adjacent to an activating group) is 1. The number of amides is 1. The number of guanidine groups is 1. The molecule has 0 radical (unpaired) electrons. The van der Waals surface area contributed by atoms with E-state index in [4.69, 9.17) is 10.5 Å². The van der Waals surface area contributed by atoms with E-state index in [1.54, 1.807) is 19.0 Å². The van der Waals surface area contributed by atoms with Crippen LogP contribution in [0.2, 0.25) is 0 Å². The van der Waals surface area contributed by atoms with Crippen molar-refractivity contribution in [3.8, 4) is 0 Å². The Kier molecular flexibility index (Phi) is 5.82. The molecule has 0 saturated carbocycles. The second kappa shape index (κ2) is 7.13. The normalized spacial score (nSPS) is 23.2. The number of hydrogen-bond acceptors (Lipinski definition) is 3. The minimum atomic E-state index is -0.324. The lowest BCUT2D eigenvalue weighted by Gasteiger charge is -2.17. The molecule has 0 aromatic carbocycles. The van der Waals surface area contributed by atoms with Crippen molar-refractivity contribution >= 4 is 11.9 Å². The molecule has 19 heavy (non-hydrogen) atoms. The van der Waals surface area contributed by atoms with Gasteiger partial charge in [0.25, 0.3) is 5.91 Å². The summed E-state index contributed by atoms with van der Waals surface area (Å²) in [6.45, 7) is 6.74. The summed E-state index contributed by atoms with van der Waals surface area (Å²) in [7, 11) is 3.47. The average molecular weight is 268 g/mol. The highest BCUT2D eigenvalue weighted by Crippen LogP contribution is 2.20. The van der Waals surface area contributed by atoms with Crippen molar-refractivity contribution in [3.63, 3.8) is 0 Å². The van der Waals surface area contributed by atoms with E-state index in [1.165, 1.54) is 0 Å². The van der Waals surface area contributed by atoms with E-state index in [1.807, 2.05) is 6.92 Å². The van der Waals surface area contributed by atoms with Crippen molar-refractivity contribution in [1.82, 2.24) is 10.2 Å². The first-order chi connectivity index (χ1) is 8.90. The van der Waals surface area contributed by atoms with Crippen molar-refractivity contribution in [2.45, 2.75) is 32.0 Å². The standard InChI is InChI=1S/C13H24N4O2/c1-9(2)7-15-13(14)16-8-10-5-6-11(19-10)12(18)17(3)4/h10-11H,1,5-8H2,2-4H3,(H3,14,15,16). The molecule has 2 unspecified atom stereocenters. The fourth-order valence-corrected chi connectivity index (χ4v) is 1.82. The Morgan fingerprint density at radius 3 is 2.79 bits per heavy atom. The lowest BCUT2D eigenvalue weighted by Crippen LogP contribution is -2.39. The minimum Gasteiger partial charge on any atom is -0.370 e. The van der Waals surface area contributed by atoms with Gasteiger partial charge in [-0.2, -0.15) is 0 Å². The molecule has 1 fully saturated rings. The van der Waals surface area contributed by atoms with Crippen LogP contribution in [0.25, 0.3) is 0 Å². The first kappa shape index (κ1) is 15.5. The van der Waals surface area contributed by atoms with Crippen LogP contribution in [0.5, 0.6) is 0 Å². The van der Waals surface area contributed by atoms with Gasteiger partial charge in [0.15, 0.2) is 5.96 Å². The number of nitrogens with one attached hydrogen (secondary N) is 1. The van der Waals surface area contributed by atoms with E-state index in [-0.39, 0.29) is 18.1 Å². The number of nitrogens with zero attached hydrogens (tertiary/aromatic N) is 2. The Balaban J connectivity index is 2.31. The largest absolute Gasteiger partial charge is 0.370 e. The summed E-state index contributed by atoms with van der Waals surface area (Å²) in [5.74, 6) is 0.403. The number of carbonyl (C=O) groups excluding carboxylic acids is 1.